The highest BCUT2D eigenvalue weighted by Gasteiger charge is 2.46. The number of ether oxygens (including phenoxy) is 1. The standard InChI is InChI=1S/C11H17NO3/c1-2-15-11(13)10-7-3-4-8(10)6-9(5-7)12-14/h7-8,10,14H,2-6H2,1H3. The van der Waals surface area contributed by atoms with Crippen molar-refractivity contribution in [2.45, 2.75) is 32.6 Å². The molecule has 0 aromatic carbocycles. The highest BCUT2D eigenvalue weighted by Crippen LogP contribution is 2.46. The van der Waals surface area contributed by atoms with E-state index in [0.717, 1.165) is 31.4 Å². The molecular formula is C11H17NO3. The monoisotopic (exact) mass is 211 g/mol. The van der Waals surface area contributed by atoms with E-state index >= 15 is 0 Å². The summed E-state index contributed by atoms with van der Waals surface area (Å²) in [5, 5.41) is 12.0. The molecule has 2 atom stereocenters. The first-order valence-electron chi connectivity index (χ1n) is 5.62. The number of oxime groups is 1. The van der Waals surface area contributed by atoms with Crippen LogP contribution in [0.25, 0.3) is 0 Å². The molecule has 0 aliphatic heterocycles. The molecule has 2 bridgehead atoms. The number of hydrogen-bond donors (Lipinski definition) is 1. The van der Waals surface area contributed by atoms with Crippen molar-refractivity contribution in [2.75, 3.05) is 6.61 Å². The Hall–Kier alpha value is -1.06. The second-order valence-electron chi connectivity index (χ2n) is 4.45. The SMILES string of the molecule is CCOC(=O)C1C2CCC1CC(=NO)C2. The topological polar surface area (TPSA) is 58.9 Å². The first-order valence-corrected chi connectivity index (χ1v) is 5.62. The lowest BCUT2D eigenvalue weighted by atomic mass is 9.77. The van der Waals surface area contributed by atoms with E-state index in [4.69, 9.17) is 9.94 Å². The van der Waals surface area contributed by atoms with Gasteiger partial charge in [-0.3, -0.25) is 4.79 Å². The zero-order chi connectivity index (χ0) is 10.8. The number of carbonyl (C=O) groups is 1. The lowest BCUT2D eigenvalue weighted by Crippen LogP contribution is -2.33. The van der Waals surface area contributed by atoms with Crippen LogP contribution >= 0.6 is 0 Å². The zero-order valence-electron chi connectivity index (χ0n) is 8.98. The number of rotatable bonds is 2. The first kappa shape index (κ1) is 10.5. The Bertz CT molecular complexity index is 272. The summed E-state index contributed by atoms with van der Waals surface area (Å²) < 4.78 is 5.09. The molecule has 2 unspecified atom stereocenters. The predicted octanol–water partition coefficient (Wildman–Crippen LogP) is 1.82. The van der Waals surface area contributed by atoms with E-state index in [1.807, 2.05) is 6.92 Å². The van der Waals surface area contributed by atoms with Crippen molar-refractivity contribution >= 4 is 11.7 Å². The Balaban J connectivity index is 2.07. The van der Waals surface area contributed by atoms with Gasteiger partial charge in [0, 0.05) is 0 Å². The molecule has 0 amide bonds. The molecule has 2 saturated carbocycles. The Labute approximate surface area is 89.3 Å². The van der Waals surface area contributed by atoms with Gasteiger partial charge in [0.1, 0.15) is 0 Å². The second-order valence-corrected chi connectivity index (χ2v) is 4.45. The van der Waals surface area contributed by atoms with E-state index in [0.29, 0.717) is 18.4 Å². The fourth-order valence-electron chi connectivity index (χ4n) is 3.02. The van der Waals surface area contributed by atoms with Crippen molar-refractivity contribution in [3.63, 3.8) is 0 Å². The molecular weight excluding hydrogens is 194 g/mol. The van der Waals surface area contributed by atoms with E-state index in [2.05, 4.69) is 5.16 Å². The third kappa shape index (κ3) is 1.85. The van der Waals surface area contributed by atoms with Gasteiger partial charge in [0.05, 0.1) is 18.2 Å². The van der Waals surface area contributed by atoms with Gasteiger partial charge in [-0.1, -0.05) is 5.16 Å². The van der Waals surface area contributed by atoms with Crippen molar-refractivity contribution in [1.82, 2.24) is 0 Å². The second kappa shape index (κ2) is 4.21. The highest BCUT2D eigenvalue weighted by atomic mass is 16.5. The summed E-state index contributed by atoms with van der Waals surface area (Å²) in [6.45, 7) is 2.29. The fraction of sp³-hybridized carbons (Fsp3) is 0.818. The van der Waals surface area contributed by atoms with Gasteiger partial charge in [0.2, 0.25) is 0 Å². The molecule has 4 heteroatoms. The smallest absolute Gasteiger partial charge is 0.309 e. The Morgan fingerprint density at radius 1 is 1.47 bits per heavy atom. The van der Waals surface area contributed by atoms with Gasteiger partial charge in [-0.05, 0) is 44.4 Å². The average molecular weight is 211 g/mol. The van der Waals surface area contributed by atoms with Crippen LogP contribution in [0, 0.1) is 17.8 Å². The molecule has 4 nitrogen and oxygen atoms in total. The third-order valence-electron chi connectivity index (χ3n) is 3.62. The summed E-state index contributed by atoms with van der Waals surface area (Å²) in [4.78, 5) is 11.7. The van der Waals surface area contributed by atoms with Crippen LogP contribution in [0.4, 0.5) is 0 Å². The molecule has 0 heterocycles. The van der Waals surface area contributed by atoms with Gasteiger partial charge in [0.25, 0.3) is 0 Å². The number of hydrogen-bond acceptors (Lipinski definition) is 4. The van der Waals surface area contributed by atoms with E-state index < -0.39 is 0 Å². The molecule has 2 rings (SSSR count). The normalized spacial score (nSPS) is 33.9. The molecule has 15 heavy (non-hydrogen) atoms. The van der Waals surface area contributed by atoms with E-state index in [1.165, 1.54) is 0 Å². The first-order chi connectivity index (χ1) is 7.26. The van der Waals surface area contributed by atoms with Crippen LogP contribution in [-0.2, 0) is 9.53 Å². The van der Waals surface area contributed by atoms with Crippen LogP contribution in [0.2, 0.25) is 0 Å². The minimum absolute atomic E-state index is 0.0513. The Morgan fingerprint density at radius 3 is 2.53 bits per heavy atom. The molecule has 2 aliphatic carbocycles. The number of fused-ring (bicyclic) bond motifs is 2. The van der Waals surface area contributed by atoms with E-state index in [-0.39, 0.29) is 11.9 Å². The average Bonchev–Trinajstić information content (AvgIpc) is 2.50. The molecule has 0 aromatic heterocycles. The largest absolute Gasteiger partial charge is 0.466 e. The molecule has 0 aromatic rings. The van der Waals surface area contributed by atoms with Crippen molar-refractivity contribution in [2.24, 2.45) is 22.9 Å². The summed E-state index contributed by atoms with van der Waals surface area (Å²) in [6, 6.07) is 0. The molecule has 0 radical (unpaired) electrons. The van der Waals surface area contributed by atoms with Crippen LogP contribution < -0.4 is 0 Å². The molecule has 2 aliphatic rings. The summed E-state index contributed by atoms with van der Waals surface area (Å²) in [5.41, 5.74) is 0.850. The van der Waals surface area contributed by atoms with Crippen LogP contribution in [0.3, 0.4) is 0 Å². The van der Waals surface area contributed by atoms with Crippen LogP contribution in [0.1, 0.15) is 32.6 Å². The summed E-state index contributed by atoms with van der Waals surface area (Å²) in [7, 11) is 0. The van der Waals surface area contributed by atoms with E-state index in [9.17, 15) is 4.79 Å². The van der Waals surface area contributed by atoms with Crippen LogP contribution in [-0.4, -0.2) is 23.5 Å². The molecule has 0 spiro atoms. The number of carbonyl (C=O) groups excluding carboxylic acids is 1. The molecule has 2 fully saturated rings. The molecule has 1 N–H and O–H groups in total. The lowest BCUT2D eigenvalue weighted by molar-refractivity contribution is -0.151. The van der Waals surface area contributed by atoms with Crippen molar-refractivity contribution in [1.29, 1.82) is 0 Å². The van der Waals surface area contributed by atoms with Gasteiger partial charge in [-0.15, -0.1) is 0 Å². The van der Waals surface area contributed by atoms with Crippen LogP contribution in [0.15, 0.2) is 5.16 Å². The summed E-state index contributed by atoms with van der Waals surface area (Å²) >= 11 is 0. The third-order valence-corrected chi connectivity index (χ3v) is 3.62. The number of esters is 1. The van der Waals surface area contributed by atoms with Gasteiger partial charge in [-0.25, -0.2) is 0 Å². The summed E-state index contributed by atoms with van der Waals surface area (Å²) in [6.07, 6.45) is 3.65. The Morgan fingerprint density at radius 2 is 2.07 bits per heavy atom. The minimum Gasteiger partial charge on any atom is -0.466 e. The highest BCUT2D eigenvalue weighted by molar-refractivity contribution is 5.88. The van der Waals surface area contributed by atoms with Crippen molar-refractivity contribution < 1.29 is 14.7 Å². The maximum Gasteiger partial charge on any atom is 0.309 e. The van der Waals surface area contributed by atoms with E-state index in [1.54, 1.807) is 0 Å². The van der Waals surface area contributed by atoms with Crippen molar-refractivity contribution in [3.05, 3.63) is 0 Å². The molecule has 0 saturated heterocycles. The zero-order valence-corrected chi connectivity index (χ0v) is 8.98. The Kier molecular flexibility index (Phi) is 2.93. The maximum absolute atomic E-state index is 11.7. The summed E-state index contributed by atoms with van der Waals surface area (Å²) in [5.74, 6) is 0.680. The predicted molar refractivity (Wildman–Crippen MR) is 54.8 cm³/mol. The van der Waals surface area contributed by atoms with Gasteiger partial charge < -0.3 is 9.94 Å². The molecule has 84 valence electrons. The lowest BCUT2D eigenvalue weighted by Gasteiger charge is -2.28. The van der Waals surface area contributed by atoms with Gasteiger partial charge >= 0.3 is 5.97 Å². The van der Waals surface area contributed by atoms with Gasteiger partial charge in [-0.2, -0.15) is 0 Å². The van der Waals surface area contributed by atoms with Crippen LogP contribution in [0.5, 0.6) is 0 Å². The quantitative estimate of drug-likeness (QED) is 0.430. The number of nitrogens with zero attached hydrogens (tertiary/aromatic N) is 1. The van der Waals surface area contributed by atoms with Crippen molar-refractivity contribution in [3.8, 4) is 0 Å². The maximum atomic E-state index is 11.7. The fourth-order valence-corrected chi connectivity index (χ4v) is 3.02. The minimum atomic E-state index is -0.0537. The van der Waals surface area contributed by atoms with Gasteiger partial charge in [0.15, 0.2) is 0 Å².